The predicted octanol–water partition coefficient (Wildman–Crippen LogP) is 2.94. The van der Waals surface area contributed by atoms with Crippen molar-refractivity contribution in [3.63, 3.8) is 0 Å². The molecular weight excluding hydrogens is 396 g/mol. The molecule has 0 saturated carbocycles. The van der Waals surface area contributed by atoms with Crippen LogP contribution in [0.4, 0.5) is 0 Å². The van der Waals surface area contributed by atoms with Gasteiger partial charge in [0.15, 0.2) is 15.8 Å². The van der Waals surface area contributed by atoms with E-state index in [0.717, 1.165) is 12.1 Å². The van der Waals surface area contributed by atoms with Crippen molar-refractivity contribution >= 4 is 15.8 Å². The molecule has 0 aliphatic carbocycles. The van der Waals surface area contributed by atoms with E-state index in [1.165, 1.54) is 49.7 Å². The lowest BCUT2D eigenvalue weighted by atomic mass is 10.1. The third-order valence-corrected chi connectivity index (χ3v) is 6.50. The molecule has 162 valence electrons. The minimum atomic E-state index is -3.17. The first-order valence-corrected chi connectivity index (χ1v) is 12.4. The predicted molar refractivity (Wildman–Crippen MR) is 122 cm³/mol. The van der Waals surface area contributed by atoms with Crippen LogP contribution in [0.3, 0.4) is 0 Å². The maximum Gasteiger partial charge on any atom is 0.191 e. The van der Waals surface area contributed by atoms with E-state index < -0.39 is 9.84 Å². The SMILES string of the molecule is CN=C(NCc1ccc(CN2CCCCC2)cc1)NCc1ccc(S(C)(=O)=O)cc1. The number of sulfone groups is 1. The van der Waals surface area contributed by atoms with Gasteiger partial charge in [-0.25, -0.2) is 8.42 Å². The first kappa shape index (κ1) is 22.3. The number of aliphatic imine (C=N–C) groups is 1. The number of piperidine rings is 1. The number of hydrogen-bond donors (Lipinski definition) is 2. The van der Waals surface area contributed by atoms with Gasteiger partial charge in [-0.3, -0.25) is 9.89 Å². The summed E-state index contributed by atoms with van der Waals surface area (Å²) in [6.07, 6.45) is 5.21. The normalized spacial score (nSPS) is 15.7. The van der Waals surface area contributed by atoms with E-state index in [0.29, 0.717) is 23.9 Å². The zero-order valence-corrected chi connectivity index (χ0v) is 18.7. The van der Waals surface area contributed by atoms with Crippen molar-refractivity contribution in [2.45, 2.75) is 43.8 Å². The minimum Gasteiger partial charge on any atom is -0.352 e. The summed E-state index contributed by atoms with van der Waals surface area (Å²) < 4.78 is 23.1. The van der Waals surface area contributed by atoms with Gasteiger partial charge in [0.2, 0.25) is 0 Å². The fraction of sp³-hybridized carbons (Fsp3) is 0.435. The molecule has 1 saturated heterocycles. The second-order valence-corrected chi connectivity index (χ2v) is 9.86. The van der Waals surface area contributed by atoms with Crippen LogP contribution in [-0.2, 0) is 29.5 Å². The van der Waals surface area contributed by atoms with Gasteiger partial charge in [0.1, 0.15) is 0 Å². The molecule has 1 fully saturated rings. The summed E-state index contributed by atoms with van der Waals surface area (Å²) in [7, 11) is -1.43. The first-order valence-electron chi connectivity index (χ1n) is 10.5. The Morgan fingerprint density at radius 1 is 0.867 bits per heavy atom. The van der Waals surface area contributed by atoms with Crippen molar-refractivity contribution < 1.29 is 8.42 Å². The Morgan fingerprint density at radius 2 is 1.37 bits per heavy atom. The standard InChI is InChI=1S/C23H32N4O2S/c1-24-23(26-17-20-10-12-22(13-11-20)30(2,28)29)25-16-19-6-8-21(9-7-19)18-27-14-4-3-5-15-27/h6-13H,3-5,14-18H2,1-2H3,(H2,24,25,26). The molecule has 6 nitrogen and oxygen atoms in total. The third kappa shape index (κ3) is 6.85. The Bertz CT molecular complexity index is 932. The van der Waals surface area contributed by atoms with Crippen LogP contribution in [0.5, 0.6) is 0 Å². The lowest BCUT2D eigenvalue weighted by Gasteiger charge is -2.26. The minimum absolute atomic E-state index is 0.331. The molecular formula is C23H32N4O2S. The van der Waals surface area contributed by atoms with Gasteiger partial charge < -0.3 is 10.6 Å². The largest absolute Gasteiger partial charge is 0.352 e. The second-order valence-electron chi connectivity index (χ2n) is 7.85. The number of hydrogen-bond acceptors (Lipinski definition) is 4. The summed E-state index contributed by atoms with van der Waals surface area (Å²) in [6, 6.07) is 15.7. The van der Waals surface area contributed by atoms with Gasteiger partial charge in [0.05, 0.1) is 4.90 Å². The van der Waals surface area contributed by atoms with Crippen LogP contribution in [0, 0.1) is 0 Å². The van der Waals surface area contributed by atoms with Crippen LogP contribution < -0.4 is 10.6 Å². The molecule has 0 spiro atoms. The molecule has 2 aromatic carbocycles. The summed E-state index contributed by atoms with van der Waals surface area (Å²) in [5, 5.41) is 6.59. The highest BCUT2D eigenvalue weighted by molar-refractivity contribution is 7.90. The molecule has 1 aliphatic rings. The van der Waals surface area contributed by atoms with Gasteiger partial charge in [0, 0.05) is 32.9 Å². The molecule has 0 bridgehead atoms. The molecule has 0 unspecified atom stereocenters. The molecule has 30 heavy (non-hydrogen) atoms. The lowest BCUT2D eigenvalue weighted by molar-refractivity contribution is 0.221. The van der Waals surface area contributed by atoms with Crippen LogP contribution in [0.15, 0.2) is 58.4 Å². The Labute approximate surface area is 180 Å². The first-order chi connectivity index (χ1) is 14.4. The molecule has 3 rings (SSSR count). The molecule has 1 aliphatic heterocycles. The van der Waals surface area contributed by atoms with E-state index in [-0.39, 0.29) is 0 Å². The monoisotopic (exact) mass is 428 g/mol. The summed E-state index contributed by atoms with van der Waals surface area (Å²) in [5.41, 5.74) is 3.56. The molecule has 0 atom stereocenters. The van der Waals surface area contributed by atoms with Crippen LogP contribution in [0.25, 0.3) is 0 Å². The van der Waals surface area contributed by atoms with Crippen molar-refractivity contribution in [3.8, 4) is 0 Å². The van der Waals surface area contributed by atoms with E-state index in [2.05, 4.69) is 44.8 Å². The number of guanidine groups is 1. The van der Waals surface area contributed by atoms with Crippen molar-refractivity contribution in [2.24, 2.45) is 4.99 Å². The van der Waals surface area contributed by atoms with E-state index in [9.17, 15) is 8.42 Å². The summed E-state index contributed by atoms with van der Waals surface area (Å²) in [5.74, 6) is 0.708. The Morgan fingerprint density at radius 3 is 1.87 bits per heavy atom. The summed E-state index contributed by atoms with van der Waals surface area (Å²) in [6.45, 7) is 4.72. The maximum atomic E-state index is 11.6. The van der Waals surface area contributed by atoms with Crippen molar-refractivity contribution in [1.82, 2.24) is 15.5 Å². The zero-order chi connectivity index (χ0) is 21.4. The van der Waals surface area contributed by atoms with E-state index in [1.54, 1.807) is 19.2 Å². The molecule has 2 aromatic rings. The number of rotatable bonds is 7. The average molecular weight is 429 g/mol. The molecule has 0 radical (unpaired) electrons. The smallest absolute Gasteiger partial charge is 0.191 e. The Kier molecular flexibility index (Phi) is 7.87. The van der Waals surface area contributed by atoms with Gasteiger partial charge in [-0.05, 0) is 54.8 Å². The molecule has 2 N–H and O–H groups in total. The molecule has 0 amide bonds. The van der Waals surface area contributed by atoms with Crippen LogP contribution in [0.2, 0.25) is 0 Å². The summed E-state index contributed by atoms with van der Waals surface area (Å²) in [4.78, 5) is 7.13. The number of nitrogens with zero attached hydrogens (tertiary/aromatic N) is 2. The van der Waals surface area contributed by atoms with Gasteiger partial charge in [-0.2, -0.15) is 0 Å². The van der Waals surface area contributed by atoms with Gasteiger partial charge in [-0.1, -0.05) is 42.8 Å². The zero-order valence-electron chi connectivity index (χ0n) is 17.9. The number of likely N-dealkylation sites (tertiary alicyclic amines) is 1. The fourth-order valence-electron chi connectivity index (χ4n) is 3.58. The van der Waals surface area contributed by atoms with Crippen molar-refractivity contribution in [1.29, 1.82) is 0 Å². The highest BCUT2D eigenvalue weighted by atomic mass is 32.2. The maximum absolute atomic E-state index is 11.6. The van der Waals surface area contributed by atoms with Crippen LogP contribution in [-0.4, -0.2) is 45.7 Å². The quantitative estimate of drug-likeness (QED) is 0.524. The van der Waals surface area contributed by atoms with Crippen molar-refractivity contribution in [3.05, 3.63) is 65.2 Å². The van der Waals surface area contributed by atoms with Gasteiger partial charge >= 0.3 is 0 Å². The van der Waals surface area contributed by atoms with Gasteiger partial charge in [0.25, 0.3) is 0 Å². The second kappa shape index (κ2) is 10.6. The average Bonchev–Trinajstić information content (AvgIpc) is 2.75. The highest BCUT2D eigenvalue weighted by Crippen LogP contribution is 2.14. The van der Waals surface area contributed by atoms with E-state index >= 15 is 0 Å². The van der Waals surface area contributed by atoms with Crippen LogP contribution in [0.1, 0.15) is 36.0 Å². The molecule has 7 heteroatoms. The number of nitrogens with one attached hydrogen (secondary N) is 2. The summed E-state index contributed by atoms with van der Waals surface area (Å²) >= 11 is 0. The van der Waals surface area contributed by atoms with E-state index in [4.69, 9.17) is 0 Å². The fourth-order valence-corrected chi connectivity index (χ4v) is 4.22. The molecule has 1 heterocycles. The Balaban J connectivity index is 1.45. The lowest BCUT2D eigenvalue weighted by Crippen LogP contribution is -2.36. The van der Waals surface area contributed by atoms with Crippen LogP contribution >= 0.6 is 0 Å². The topological polar surface area (TPSA) is 73.8 Å². The molecule has 0 aromatic heterocycles. The van der Waals surface area contributed by atoms with Gasteiger partial charge in [-0.15, -0.1) is 0 Å². The highest BCUT2D eigenvalue weighted by Gasteiger charge is 2.10. The van der Waals surface area contributed by atoms with E-state index in [1.807, 2.05) is 12.1 Å². The van der Waals surface area contributed by atoms with Crippen molar-refractivity contribution in [2.75, 3.05) is 26.4 Å². The third-order valence-electron chi connectivity index (χ3n) is 5.37. The Hall–Kier alpha value is -2.38. The number of benzene rings is 2.